The summed E-state index contributed by atoms with van der Waals surface area (Å²) in [7, 11) is 0. The standard InChI is InChI=1S/C13H25NO4S/c1-9(11(15)16)6-7-10(19-5)8-14-12(17)18-13(2,3)4/h9-10H,6-8H2,1-5H3,(H,14,17)(H,15,16). The van der Waals surface area contributed by atoms with Crippen LogP contribution in [-0.2, 0) is 9.53 Å². The van der Waals surface area contributed by atoms with Gasteiger partial charge in [-0.05, 0) is 39.9 Å². The van der Waals surface area contributed by atoms with Gasteiger partial charge in [0.15, 0.2) is 0 Å². The summed E-state index contributed by atoms with van der Waals surface area (Å²) in [4.78, 5) is 22.2. The van der Waals surface area contributed by atoms with E-state index in [-0.39, 0.29) is 11.2 Å². The van der Waals surface area contributed by atoms with Crippen LogP contribution in [0, 0.1) is 5.92 Å². The molecule has 112 valence electrons. The van der Waals surface area contributed by atoms with E-state index < -0.39 is 17.7 Å². The molecule has 0 aliphatic heterocycles. The Balaban J connectivity index is 4.00. The van der Waals surface area contributed by atoms with Crippen molar-refractivity contribution in [3.63, 3.8) is 0 Å². The lowest BCUT2D eigenvalue weighted by molar-refractivity contribution is -0.141. The fourth-order valence-electron chi connectivity index (χ4n) is 1.37. The summed E-state index contributed by atoms with van der Waals surface area (Å²) in [5.74, 6) is -1.13. The summed E-state index contributed by atoms with van der Waals surface area (Å²) in [5.41, 5.74) is -0.503. The van der Waals surface area contributed by atoms with E-state index in [2.05, 4.69) is 5.32 Å². The van der Waals surface area contributed by atoms with Gasteiger partial charge in [-0.25, -0.2) is 4.79 Å². The van der Waals surface area contributed by atoms with Gasteiger partial charge in [0.05, 0.1) is 5.92 Å². The van der Waals surface area contributed by atoms with E-state index in [1.54, 1.807) is 18.7 Å². The lowest BCUT2D eigenvalue weighted by Crippen LogP contribution is -2.36. The SMILES string of the molecule is CSC(CCC(C)C(=O)O)CNC(=O)OC(C)(C)C. The molecule has 0 saturated carbocycles. The number of carbonyl (C=O) groups excluding carboxylic acids is 1. The third-order valence-electron chi connectivity index (χ3n) is 2.55. The highest BCUT2D eigenvalue weighted by molar-refractivity contribution is 7.99. The number of carboxylic acids is 1. The summed E-state index contributed by atoms with van der Waals surface area (Å²) in [6.45, 7) is 7.62. The first-order chi connectivity index (χ1) is 8.65. The van der Waals surface area contributed by atoms with Gasteiger partial charge in [0, 0.05) is 11.8 Å². The second-order valence-electron chi connectivity index (χ2n) is 5.56. The lowest BCUT2D eigenvalue weighted by Gasteiger charge is -2.21. The van der Waals surface area contributed by atoms with Crippen LogP contribution in [0.25, 0.3) is 0 Å². The molecule has 0 aliphatic carbocycles. The van der Waals surface area contributed by atoms with Crippen LogP contribution in [0.15, 0.2) is 0 Å². The highest BCUT2D eigenvalue weighted by Crippen LogP contribution is 2.17. The molecule has 5 nitrogen and oxygen atoms in total. The molecule has 2 N–H and O–H groups in total. The van der Waals surface area contributed by atoms with E-state index in [1.807, 2.05) is 27.0 Å². The number of alkyl carbamates (subject to hydrolysis) is 1. The van der Waals surface area contributed by atoms with Crippen LogP contribution in [0.4, 0.5) is 4.79 Å². The van der Waals surface area contributed by atoms with E-state index in [0.29, 0.717) is 13.0 Å². The maximum absolute atomic E-state index is 11.5. The van der Waals surface area contributed by atoms with Gasteiger partial charge in [-0.15, -0.1) is 0 Å². The number of amides is 1. The minimum atomic E-state index is -0.778. The van der Waals surface area contributed by atoms with Gasteiger partial charge in [0.1, 0.15) is 5.60 Å². The largest absolute Gasteiger partial charge is 0.481 e. The Labute approximate surface area is 119 Å². The topological polar surface area (TPSA) is 75.6 Å². The fourth-order valence-corrected chi connectivity index (χ4v) is 2.00. The summed E-state index contributed by atoms with van der Waals surface area (Å²) in [5, 5.41) is 11.7. The van der Waals surface area contributed by atoms with Crippen LogP contribution in [-0.4, -0.2) is 40.8 Å². The predicted octanol–water partition coefficient (Wildman–Crippen LogP) is 2.74. The Kier molecular flexibility index (Phi) is 7.90. The molecular weight excluding hydrogens is 266 g/mol. The first-order valence-electron chi connectivity index (χ1n) is 6.38. The van der Waals surface area contributed by atoms with E-state index >= 15 is 0 Å². The summed E-state index contributed by atoms with van der Waals surface area (Å²) in [6.07, 6.45) is 2.88. The average molecular weight is 291 g/mol. The van der Waals surface area contributed by atoms with Gasteiger partial charge < -0.3 is 15.2 Å². The third kappa shape index (κ3) is 9.64. The van der Waals surface area contributed by atoms with E-state index in [9.17, 15) is 9.59 Å². The molecular formula is C13H25NO4S. The molecule has 0 spiro atoms. The van der Waals surface area contributed by atoms with Crippen molar-refractivity contribution in [2.45, 2.75) is 51.4 Å². The molecule has 0 aromatic carbocycles. The van der Waals surface area contributed by atoms with Crippen LogP contribution in [0.3, 0.4) is 0 Å². The first kappa shape index (κ1) is 18.1. The van der Waals surface area contributed by atoms with Crippen molar-refractivity contribution in [1.82, 2.24) is 5.32 Å². The van der Waals surface area contributed by atoms with Crippen molar-refractivity contribution in [2.24, 2.45) is 5.92 Å². The van der Waals surface area contributed by atoms with Gasteiger partial charge >= 0.3 is 12.1 Å². The molecule has 0 aromatic rings. The minimum Gasteiger partial charge on any atom is -0.481 e. The lowest BCUT2D eigenvalue weighted by atomic mass is 10.0. The maximum atomic E-state index is 11.5. The molecule has 2 unspecified atom stereocenters. The zero-order valence-electron chi connectivity index (χ0n) is 12.4. The number of carbonyl (C=O) groups is 2. The van der Waals surface area contributed by atoms with E-state index in [0.717, 1.165) is 6.42 Å². The molecule has 0 radical (unpaired) electrons. The van der Waals surface area contributed by atoms with Gasteiger partial charge in [-0.2, -0.15) is 11.8 Å². The molecule has 0 rings (SSSR count). The number of hydrogen-bond donors (Lipinski definition) is 2. The Morgan fingerprint density at radius 2 is 1.89 bits per heavy atom. The first-order valence-corrected chi connectivity index (χ1v) is 7.67. The van der Waals surface area contributed by atoms with Gasteiger partial charge in [-0.1, -0.05) is 6.92 Å². The van der Waals surface area contributed by atoms with Crippen LogP contribution < -0.4 is 5.32 Å². The van der Waals surface area contributed by atoms with Crippen molar-refractivity contribution < 1.29 is 19.4 Å². The quantitative estimate of drug-likeness (QED) is 0.754. The highest BCUT2D eigenvalue weighted by atomic mass is 32.2. The molecule has 0 fully saturated rings. The number of ether oxygens (including phenoxy) is 1. The average Bonchev–Trinajstić information content (AvgIpc) is 2.26. The van der Waals surface area contributed by atoms with Crippen LogP contribution >= 0.6 is 11.8 Å². The van der Waals surface area contributed by atoms with Gasteiger partial charge in [0.2, 0.25) is 0 Å². The summed E-state index contributed by atoms with van der Waals surface area (Å²) in [6, 6.07) is 0. The number of nitrogens with one attached hydrogen (secondary N) is 1. The zero-order chi connectivity index (χ0) is 15.1. The molecule has 0 aliphatic rings. The molecule has 6 heteroatoms. The van der Waals surface area contributed by atoms with Crippen LogP contribution in [0.2, 0.25) is 0 Å². The van der Waals surface area contributed by atoms with Crippen molar-refractivity contribution in [2.75, 3.05) is 12.8 Å². The smallest absolute Gasteiger partial charge is 0.407 e. The molecule has 0 heterocycles. The summed E-state index contributed by atoms with van der Waals surface area (Å²) >= 11 is 1.62. The van der Waals surface area contributed by atoms with Crippen molar-refractivity contribution in [1.29, 1.82) is 0 Å². The van der Waals surface area contributed by atoms with Crippen LogP contribution in [0.5, 0.6) is 0 Å². The van der Waals surface area contributed by atoms with Gasteiger partial charge in [-0.3, -0.25) is 4.79 Å². The number of aliphatic carboxylic acids is 1. The third-order valence-corrected chi connectivity index (χ3v) is 3.62. The predicted molar refractivity (Wildman–Crippen MR) is 77.6 cm³/mol. The van der Waals surface area contributed by atoms with E-state index in [1.165, 1.54) is 0 Å². The Morgan fingerprint density at radius 3 is 2.32 bits per heavy atom. The Bertz CT molecular complexity index is 302. The molecule has 0 bridgehead atoms. The van der Waals surface area contributed by atoms with Crippen molar-refractivity contribution in [3.05, 3.63) is 0 Å². The number of rotatable bonds is 7. The molecule has 0 aromatic heterocycles. The van der Waals surface area contributed by atoms with Gasteiger partial charge in [0.25, 0.3) is 0 Å². The second kappa shape index (κ2) is 8.30. The normalized spacial score (nSPS) is 14.6. The Morgan fingerprint density at radius 1 is 1.32 bits per heavy atom. The number of hydrogen-bond acceptors (Lipinski definition) is 4. The van der Waals surface area contributed by atoms with Crippen LogP contribution in [0.1, 0.15) is 40.5 Å². The molecule has 0 saturated heterocycles. The molecule has 1 amide bonds. The van der Waals surface area contributed by atoms with E-state index in [4.69, 9.17) is 9.84 Å². The minimum absolute atomic E-state index is 0.203. The Hall–Kier alpha value is -0.910. The van der Waals surface area contributed by atoms with Crippen molar-refractivity contribution in [3.8, 4) is 0 Å². The molecule has 2 atom stereocenters. The number of thioether (sulfide) groups is 1. The summed E-state index contributed by atoms with van der Waals surface area (Å²) < 4.78 is 5.14. The maximum Gasteiger partial charge on any atom is 0.407 e. The number of carboxylic acid groups (broad SMARTS) is 1. The monoisotopic (exact) mass is 291 g/mol. The fraction of sp³-hybridized carbons (Fsp3) is 0.846. The van der Waals surface area contributed by atoms with Crippen molar-refractivity contribution >= 4 is 23.8 Å². The second-order valence-corrected chi connectivity index (χ2v) is 6.70. The zero-order valence-corrected chi connectivity index (χ0v) is 13.2. The molecule has 19 heavy (non-hydrogen) atoms. The highest BCUT2D eigenvalue weighted by Gasteiger charge is 2.18.